The second-order valence-electron chi connectivity index (χ2n) is 8.51. The van der Waals surface area contributed by atoms with Gasteiger partial charge in [0.15, 0.2) is 0 Å². The third-order valence-corrected chi connectivity index (χ3v) is 5.83. The zero-order chi connectivity index (χ0) is 25.3. The van der Waals surface area contributed by atoms with Gasteiger partial charge in [0.25, 0.3) is 5.91 Å². The highest BCUT2D eigenvalue weighted by atomic mass is 19.4. The highest BCUT2D eigenvalue weighted by Gasteiger charge is 2.30. The van der Waals surface area contributed by atoms with E-state index >= 15 is 0 Å². The summed E-state index contributed by atoms with van der Waals surface area (Å²) in [5.41, 5.74) is 3.89. The topological polar surface area (TPSA) is 75.6 Å². The van der Waals surface area contributed by atoms with Gasteiger partial charge < -0.3 is 14.9 Å². The van der Waals surface area contributed by atoms with Crippen molar-refractivity contribution in [3.63, 3.8) is 0 Å². The van der Waals surface area contributed by atoms with E-state index in [9.17, 15) is 18.0 Å². The van der Waals surface area contributed by atoms with E-state index in [1.54, 1.807) is 12.4 Å². The molecule has 2 N–H and O–H groups in total. The Kier molecular flexibility index (Phi) is 6.05. The molecule has 9 heteroatoms. The number of aromatic nitrogens is 4. The molecule has 5 aromatic rings. The molecule has 6 nitrogen and oxygen atoms in total. The lowest BCUT2D eigenvalue weighted by atomic mass is 10.0. The Morgan fingerprint density at radius 3 is 2.50 bits per heavy atom. The predicted molar refractivity (Wildman–Crippen MR) is 131 cm³/mol. The molecule has 0 fully saturated rings. The number of amides is 1. The number of nitrogens with one attached hydrogen (secondary N) is 2. The second kappa shape index (κ2) is 9.33. The SMILES string of the molecule is Cn1cnc(CCNC(=O)c2cccc(-c3cccc(-c4nc5ccc(C(F)(F)F)cc5[nH]4)c3)c2)c1. The number of benzene rings is 3. The molecule has 0 atom stereocenters. The van der Waals surface area contributed by atoms with Crippen molar-refractivity contribution in [1.29, 1.82) is 0 Å². The van der Waals surface area contributed by atoms with Gasteiger partial charge in [-0.3, -0.25) is 4.79 Å². The van der Waals surface area contributed by atoms with Crippen molar-refractivity contribution < 1.29 is 18.0 Å². The van der Waals surface area contributed by atoms with Crippen LogP contribution in [0, 0.1) is 0 Å². The van der Waals surface area contributed by atoms with Gasteiger partial charge in [0.2, 0.25) is 0 Å². The number of aryl methyl sites for hydroxylation is 1. The number of hydrogen-bond donors (Lipinski definition) is 2. The maximum absolute atomic E-state index is 13.1. The minimum atomic E-state index is -4.42. The van der Waals surface area contributed by atoms with Crippen LogP contribution >= 0.6 is 0 Å². The lowest BCUT2D eigenvalue weighted by Gasteiger charge is -2.08. The fraction of sp³-hybridized carbons (Fsp3) is 0.148. The maximum Gasteiger partial charge on any atom is 0.416 e. The van der Waals surface area contributed by atoms with Gasteiger partial charge in [-0.15, -0.1) is 0 Å². The number of rotatable bonds is 6. The Labute approximate surface area is 204 Å². The van der Waals surface area contributed by atoms with Crippen LogP contribution in [0.25, 0.3) is 33.5 Å². The van der Waals surface area contributed by atoms with Crippen LogP contribution < -0.4 is 5.32 Å². The Morgan fingerprint density at radius 2 is 1.75 bits per heavy atom. The van der Waals surface area contributed by atoms with Crippen LogP contribution in [-0.4, -0.2) is 32.0 Å². The molecule has 182 valence electrons. The van der Waals surface area contributed by atoms with Crippen LogP contribution in [0.5, 0.6) is 0 Å². The number of H-pyrrole nitrogens is 1. The molecule has 0 aliphatic carbocycles. The van der Waals surface area contributed by atoms with Gasteiger partial charge in [-0.05, 0) is 47.5 Å². The molecule has 0 saturated heterocycles. The van der Waals surface area contributed by atoms with E-state index in [0.29, 0.717) is 35.4 Å². The van der Waals surface area contributed by atoms with Crippen LogP contribution in [0.15, 0.2) is 79.3 Å². The smallest absolute Gasteiger partial charge is 0.352 e. The minimum Gasteiger partial charge on any atom is -0.352 e. The molecular formula is C27H22F3N5O. The van der Waals surface area contributed by atoms with Crippen LogP contribution in [0.3, 0.4) is 0 Å². The summed E-state index contributed by atoms with van der Waals surface area (Å²) in [4.78, 5) is 24.4. The number of fused-ring (bicyclic) bond motifs is 1. The standard InChI is InChI=1S/C27H22F3N5O/c1-35-15-22(32-16-35)10-11-31-26(36)20-7-3-5-18(13-20)17-4-2-6-19(12-17)25-33-23-9-8-21(27(28,29)30)14-24(23)34-25/h2-9,12-16H,10-11H2,1H3,(H,31,36)(H,33,34). The lowest BCUT2D eigenvalue weighted by Crippen LogP contribution is -2.25. The van der Waals surface area contributed by atoms with Gasteiger partial charge >= 0.3 is 6.18 Å². The van der Waals surface area contributed by atoms with Crippen molar-refractivity contribution in [1.82, 2.24) is 24.8 Å². The van der Waals surface area contributed by atoms with E-state index in [2.05, 4.69) is 20.3 Å². The average molecular weight is 490 g/mol. The summed E-state index contributed by atoms with van der Waals surface area (Å²) in [6, 6.07) is 18.2. The van der Waals surface area contributed by atoms with E-state index < -0.39 is 11.7 Å². The Hall–Kier alpha value is -4.40. The van der Waals surface area contributed by atoms with Gasteiger partial charge in [-0.1, -0.05) is 30.3 Å². The van der Waals surface area contributed by atoms with Crippen LogP contribution in [-0.2, 0) is 19.6 Å². The second-order valence-corrected chi connectivity index (χ2v) is 8.51. The van der Waals surface area contributed by atoms with E-state index in [-0.39, 0.29) is 5.91 Å². The van der Waals surface area contributed by atoms with Gasteiger partial charge in [-0.25, -0.2) is 9.97 Å². The Morgan fingerprint density at radius 1 is 1.00 bits per heavy atom. The van der Waals surface area contributed by atoms with Gasteiger partial charge in [0.05, 0.1) is 28.6 Å². The summed E-state index contributed by atoms with van der Waals surface area (Å²) < 4.78 is 41.0. The number of carbonyl (C=O) groups excluding carboxylic acids is 1. The summed E-state index contributed by atoms with van der Waals surface area (Å²) >= 11 is 0. The molecule has 1 amide bonds. The molecule has 2 aromatic heterocycles. The van der Waals surface area contributed by atoms with E-state index in [1.165, 1.54) is 6.07 Å². The normalized spacial score (nSPS) is 11.7. The minimum absolute atomic E-state index is 0.179. The molecule has 5 rings (SSSR count). The summed E-state index contributed by atoms with van der Waals surface area (Å²) in [5.74, 6) is 0.288. The first kappa shape index (κ1) is 23.3. The predicted octanol–water partition coefficient (Wildman–Crippen LogP) is 5.62. The average Bonchev–Trinajstić information content (AvgIpc) is 3.49. The first-order chi connectivity index (χ1) is 17.3. The fourth-order valence-corrected chi connectivity index (χ4v) is 4.01. The monoisotopic (exact) mass is 489 g/mol. The number of carbonyl (C=O) groups is 1. The zero-order valence-electron chi connectivity index (χ0n) is 19.3. The number of halogens is 3. The van der Waals surface area contributed by atoms with E-state index in [4.69, 9.17) is 0 Å². The summed E-state index contributed by atoms with van der Waals surface area (Å²) in [5, 5.41) is 2.92. The van der Waals surface area contributed by atoms with Gasteiger partial charge in [0.1, 0.15) is 5.82 Å². The molecule has 2 heterocycles. The van der Waals surface area contributed by atoms with Crippen molar-refractivity contribution in [2.45, 2.75) is 12.6 Å². The molecule has 0 unspecified atom stereocenters. The third kappa shape index (κ3) is 5.00. The summed E-state index contributed by atoms with van der Waals surface area (Å²) in [6.07, 6.45) is -0.151. The van der Waals surface area contributed by atoms with Crippen LogP contribution in [0.1, 0.15) is 21.6 Å². The number of aromatic amines is 1. The van der Waals surface area contributed by atoms with Crippen LogP contribution in [0.4, 0.5) is 13.2 Å². The zero-order valence-corrected chi connectivity index (χ0v) is 19.3. The maximum atomic E-state index is 13.1. The van der Waals surface area contributed by atoms with Crippen molar-refractivity contribution in [3.8, 4) is 22.5 Å². The summed E-state index contributed by atoms with van der Waals surface area (Å²) in [6.45, 7) is 0.470. The quantitative estimate of drug-likeness (QED) is 0.325. The lowest BCUT2D eigenvalue weighted by molar-refractivity contribution is -0.137. The molecule has 0 radical (unpaired) electrons. The van der Waals surface area contributed by atoms with Gasteiger partial charge in [-0.2, -0.15) is 13.2 Å². The Bertz CT molecular complexity index is 1550. The highest BCUT2D eigenvalue weighted by Crippen LogP contribution is 2.32. The molecule has 3 aromatic carbocycles. The largest absolute Gasteiger partial charge is 0.416 e. The molecule has 0 bridgehead atoms. The molecule has 0 aliphatic rings. The van der Waals surface area contributed by atoms with Crippen molar-refractivity contribution in [2.75, 3.05) is 6.54 Å². The number of imidazole rings is 2. The molecule has 0 spiro atoms. The first-order valence-corrected chi connectivity index (χ1v) is 11.3. The van der Waals surface area contributed by atoms with Crippen molar-refractivity contribution in [3.05, 3.63) is 96.1 Å². The Balaban J connectivity index is 1.35. The third-order valence-electron chi connectivity index (χ3n) is 5.83. The van der Waals surface area contributed by atoms with Gasteiger partial charge in [0, 0.05) is 37.3 Å². The molecule has 0 aliphatic heterocycles. The number of alkyl halides is 3. The number of nitrogens with zero attached hydrogens (tertiary/aromatic N) is 3. The highest BCUT2D eigenvalue weighted by molar-refractivity contribution is 5.95. The molecule has 36 heavy (non-hydrogen) atoms. The molecular weight excluding hydrogens is 467 g/mol. The van der Waals surface area contributed by atoms with Crippen molar-refractivity contribution in [2.24, 2.45) is 7.05 Å². The molecule has 0 saturated carbocycles. The van der Waals surface area contributed by atoms with E-state index in [0.717, 1.165) is 34.5 Å². The van der Waals surface area contributed by atoms with E-state index in [1.807, 2.05) is 60.3 Å². The summed E-state index contributed by atoms with van der Waals surface area (Å²) in [7, 11) is 1.90. The first-order valence-electron chi connectivity index (χ1n) is 11.3. The van der Waals surface area contributed by atoms with Crippen LogP contribution in [0.2, 0.25) is 0 Å². The van der Waals surface area contributed by atoms with Crippen molar-refractivity contribution >= 4 is 16.9 Å². The number of hydrogen-bond acceptors (Lipinski definition) is 3. The fourth-order valence-electron chi connectivity index (χ4n) is 4.01.